The molecule has 1 aromatic rings. The first-order chi connectivity index (χ1) is 12.0. The molecule has 1 saturated carbocycles. The zero-order valence-corrected chi connectivity index (χ0v) is 15.0. The highest BCUT2D eigenvalue weighted by molar-refractivity contribution is 5.89. The maximum Gasteiger partial charge on any atom is 0.225 e. The van der Waals surface area contributed by atoms with Crippen molar-refractivity contribution in [2.75, 3.05) is 13.1 Å². The van der Waals surface area contributed by atoms with E-state index in [4.69, 9.17) is 5.73 Å². The molecule has 3 N–H and O–H groups in total. The van der Waals surface area contributed by atoms with Gasteiger partial charge in [-0.2, -0.15) is 0 Å². The lowest BCUT2D eigenvalue weighted by Crippen LogP contribution is -2.41. The summed E-state index contributed by atoms with van der Waals surface area (Å²) in [5.41, 5.74) is 7.14. The van der Waals surface area contributed by atoms with Crippen LogP contribution in [0.4, 0.5) is 0 Å². The number of hydrogen-bond donors (Lipinski definition) is 2. The summed E-state index contributed by atoms with van der Waals surface area (Å²) >= 11 is 0. The number of nitrogens with two attached hydrogens (primary N) is 1. The van der Waals surface area contributed by atoms with Crippen LogP contribution in [0.2, 0.25) is 0 Å². The number of carbonyl (C=O) groups excluding carboxylic acids is 2. The highest BCUT2D eigenvalue weighted by atomic mass is 16.2. The summed E-state index contributed by atoms with van der Waals surface area (Å²) in [5.74, 6) is 0.598. The molecule has 2 fully saturated rings. The summed E-state index contributed by atoms with van der Waals surface area (Å²) in [5, 5.41) is 2.93. The lowest BCUT2D eigenvalue weighted by atomic mass is 9.87. The minimum Gasteiger partial charge on any atom is -0.354 e. The lowest BCUT2D eigenvalue weighted by Gasteiger charge is -2.33. The van der Waals surface area contributed by atoms with E-state index in [-0.39, 0.29) is 23.8 Å². The van der Waals surface area contributed by atoms with E-state index in [1.54, 1.807) is 0 Å². The molecule has 2 atom stereocenters. The summed E-state index contributed by atoms with van der Waals surface area (Å²) in [4.78, 5) is 26.8. The van der Waals surface area contributed by atoms with Gasteiger partial charge in [-0.15, -0.1) is 0 Å². The molecule has 0 spiro atoms. The smallest absolute Gasteiger partial charge is 0.225 e. The Morgan fingerprint density at radius 1 is 1.24 bits per heavy atom. The first-order valence-corrected chi connectivity index (χ1v) is 9.42. The van der Waals surface area contributed by atoms with Gasteiger partial charge in [-0.1, -0.05) is 37.3 Å². The van der Waals surface area contributed by atoms with Crippen molar-refractivity contribution in [3.63, 3.8) is 0 Å². The third kappa shape index (κ3) is 4.40. The van der Waals surface area contributed by atoms with E-state index in [1.165, 1.54) is 12.8 Å². The highest BCUT2D eigenvalue weighted by Crippen LogP contribution is 2.31. The van der Waals surface area contributed by atoms with Gasteiger partial charge in [0.2, 0.25) is 11.8 Å². The first kappa shape index (κ1) is 17.9. The maximum absolute atomic E-state index is 12.5. The SMILES string of the molecule is CC1CCC(N2CC(C(=O)NCC(N)c3ccccc3)CC2=O)CC1. The Morgan fingerprint density at radius 2 is 1.92 bits per heavy atom. The lowest BCUT2D eigenvalue weighted by molar-refractivity contribution is -0.130. The van der Waals surface area contributed by atoms with Gasteiger partial charge in [0.25, 0.3) is 0 Å². The molecular formula is C20H29N3O2. The normalized spacial score (nSPS) is 28.0. The molecule has 136 valence electrons. The minimum atomic E-state index is -0.241. The third-order valence-corrected chi connectivity index (χ3v) is 5.68. The Labute approximate surface area is 150 Å². The Hall–Kier alpha value is -1.88. The number of rotatable bonds is 5. The van der Waals surface area contributed by atoms with Crippen LogP contribution in [0.3, 0.4) is 0 Å². The second kappa shape index (κ2) is 8.00. The number of benzene rings is 1. The fraction of sp³-hybridized carbons (Fsp3) is 0.600. The minimum absolute atomic E-state index is 0.0496. The molecule has 0 radical (unpaired) electrons. The van der Waals surface area contributed by atoms with Crippen molar-refractivity contribution in [1.29, 1.82) is 0 Å². The second-order valence-electron chi connectivity index (χ2n) is 7.62. The summed E-state index contributed by atoms with van der Waals surface area (Å²) in [6.45, 7) is 3.23. The van der Waals surface area contributed by atoms with Gasteiger partial charge in [0.15, 0.2) is 0 Å². The van der Waals surface area contributed by atoms with Crippen LogP contribution >= 0.6 is 0 Å². The molecule has 2 aliphatic rings. The van der Waals surface area contributed by atoms with E-state index < -0.39 is 0 Å². The van der Waals surface area contributed by atoms with Crippen LogP contribution in [0.1, 0.15) is 50.6 Å². The van der Waals surface area contributed by atoms with Gasteiger partial charge in [0.1, 0.15) is 0 Å². The molecule has 0 bridgehead atoms. The standard InChI is InChI=1S/C20H29N3O2/c1-14-7-9-17(10-8-14)23-13-16(11-19(23)24)20(25)22-12-18(21)15-5-3-2-4-6-15/h2-6,14,16-18H,7-13,21H2,1H3,(H,22,25). The molecule has 1 aliphatic heterocycles. The Morgan fingerprint density at radius 3 is 2.60 bits per heavy atom. The number of carbonyl (C=O) groups is 2. The maximum atomic E-state index is 12.5. The number of hydrogen-bond acceptors (Lipinski definition) is 3. The van der Waals surface area contributed by atoms with Crippen LogP contribution in [-0.2, 0) is 9.59 Å². The fourth-order valence-electron chi connectivity index (χ4n) is 3.99. The number of nitrogens with one attached hydrogen (secondary N) is 1. The molecule has 1 aliphatic carbocycles. The van der Waals surface area contributed by atoms with Gasteiger partial charge in [0, 0.05) is 31.6 Å². The summed E-state index contributed by atoms with van der Waals surface area (Å²) in [7, 11) is 0. The largest absolute Gasteiger partial charge is 0.354 e. The van der Waals surface area contributed by atoms with E-state index >= 15 is 0 Å². The number of amides is 2. The van der Waals surface area contributed by atoms with Crippen LogP contribution in [-0.4, -0.2) is 35.8 Å². The van der Waals surface area contributed by atoms with Crippen molar-refractivity contribution in [2.45, 2.75) is 51.1 Å². The van der Waals surface area contributed by atoms with Crippen molar-refractivity contribution in [2.24, 2.45) is 17.6 Å². The predicted octanol–water partition coefficient (Wildman–Crippen LogP) is 2.23. The Bertz CT molecular complexity index is 596. The summed E-state index contributed by atoms with van der Waals surface area (Å²) < 4.78 is 0. The van der Waals surface area contributed by atoms with Crippen LogP contribution in [0.5, 0.6) is 0 Å². The molecule has 0 aromatic heterocycles. The van der Waals surface area contributed by atoms with E-state index in [9.17, 15) is 9.59 Å². The second-order valence-corrected chi connectivity index (χ2v) is 7.62. The average molecular weight is 343 g/mol. The van der Waals surface area contributed by atoms with Gasteiger partial charge in [-0.3, -0.25) is 9.59 Å². The number of nitrogens with zero attached hydrogens (tertiary/aromatic N) is 1. The highest BCUT2D eigenvalue weighted by Gasteiger charge is 2.38. The fourth-order valence-corrected chi connectivity index (χ4v) is 3.99. The summed E-state index contributed by atoms with van der Waals surface area (Å²) in [6, 6.07) is 9.85. The summed E-state index contributed by atoms with van der Waals surface area (Å²) in [6.07, 6.45) is 4.83. The monoisotopic (exact) mass is 343 g/mol. The third-order valence-electron chi connectivity index (χ3n) is 5.68. The molecule has 1 aromatic carbocycles. The topological polar surface area (TPSA) is 75.4 Å². The van der Waals surface area contributed by atoms with Crippen LogP contribution in [0.15, 0.2) is 30.3 Å². The molecular weight excluding hydrogens is 314 g/mol. The van der Waals surface area contributed by atoms with Gasteiger partial charge < -0.3 is 16.0 Å². The molecule has 2 amide bonds. The molecule has 1 heterocycles. The van der Waals surface area contributed by atoms with Crippen LogP contribution in [0, 0.1) is 11.8 Å². The first-order valence-electron chi connectivity index (χ1n) is 9.42. The zero-order valence-electron chi connectivity index (χ0n) is 15.0. The zero-order chi connectivity index (χ0) is 17.8. The molecule has 2 unspecified atom stereocenters. The van der Waals surface area contributed by atoms with Crippen LogP contribution in [0.25, 0.3) is 0 Å². The van der Waals surface area contributed by atoms with E-state index in [0.29, 0.717) is 25.6 Å². The van der Waals surface area contributed by atoms with E-state index in [0.717, 1.165) is 24.3 Å². The molecule has 3 rings (SSSR count). The van der Waals surface area contributed by atoms with Crippen molar-refractivity contribution in [3.05, 3.63) is 35.9 Å². The molecule has 1 saturated heterocycles. The predicted molar refractivity (Wildman–Crippen MR) is 97.6 cm³/mol. The quantitative estimate of drug-likeness (QED) is 0.861. The molecule has 25 heavy (non-hydrogen) atoms. The average Bonchev–Trinajstić information content (AvgIpc) is 3.02. The molecule has 5 heteroatoms. The van der Waals surface area contributed by atoms with Crippen molar-refractivity contribution in [3.8, 4) is 0 Å². The Kier molecular flexibility index (Phi) is 5.74. The van der Waals surface area contributed by atoms with Crippen molar-refractivity contribution >= 4 is 11.8 Å². The number of likely N-dealkylation sites (tertiary alicyclic amines) is 1. The van der Waals surface area contributed by atoms with Gasteiger partial charge in [-0.05, 0) is 37.2 Å². The van der Waals surface area contributed by atoms with E-state index in [1.807, 2.05) is 35.2 Å². The van der Waals surface area contributed by atoms with Crippen LogP contribution < -0.4 is 11.1 Å². The van der Waals surface area contributed by atoms with E-state index in [2.05, 4.69) is 12.2 Å². The van der Waals surface area contributed by atoms with Crippen molar-refractivity contribution < 1.29 is 9.59 Å². The van der Waals surface area contributed by atoms with Gasteiger partial charge in [-0.25, -0.2) is 0 Å². The molecule has 5 nitrogen and oxygen atoms in total. The van der Waals surface area contributed by atoms with Crippen molar-refractivity contribution in [1.82, 2.24) is 10.2 Å². The Balaban J connectivity index is 1.49. The van der Waals surface area contributed by atoms with Gasteiger partial charge >= 0.3 is 0 Å². The van der Waals surface area contributed by atoms with Gasteiger partial charge in [0.05, 0.1) is 5.92 Å².